The second-order valence-electron chi connectivity index (χ2n) is 8.39. The first-order valence-corrected chi connectivity index (χ1v) is 9.43. The van der Waals surface area contributed by atoms with Crippen molar-refractivity contribution in [2.45, 2.75) is 59.4 Å². The lowest BCUT2D eigenvalue weighted by Crippen LogP contribution is -2.44. The highest BCUT2D eigenvalue weighted by molar-refractivity contribution is 5.81. The van der Waals surface area contributed by atoms with Crippen molar-refractivity contribution < 1.29 is 4.79 Å². The second-order valence-corrected chi connectivity index (χ2v) is 8.39. The van der Waals surface area contributed by atoms with E-state index in [0.29, 0.717) is 6.54 Å². The van der Waals surface area contributed by atoms with E-state index in [1.807, 2.05) is 42.6 Å². The fraction of sp³-hybridized carbons (Fsp3) is 0.600. The zero-order chi connectivity index (χ0) is 18.9. The molecule has 1 amide bonds. The Morgan fingerprint density at radius 1 is 1.19 bits per heavy atom. The van der Waals surface area contributed by atoms with Crippen LogP contribution in [0.1, 0.15) is 65.1 Å². The first-order valence-electron chi connectivity index (χ1n) is 9.43. The zero-order valence-corrected chi connectivity index (χ0v) is 16.4. The summed E-state index contributed by atoms with van der Waals surface area (Å²) in [7, 11) is 0. The molecule has 1 aliphatic rings. The predicted octanol–water partition coefficient (Wildman–Crippen LogP) is 3.67. The first kappa shape index (κ1) is 18.5. The molecule has 1 aliphatic heterocycles. The van der Waals surface area contributed by atoms with Gasteiger partial charge in [-0.05, 0) is 32.8 Å². The number of carbonyl (C=O) groups is 1. The van der Waals surface area contributed by atoms with Gasteiger partial charge in [-0.25, -0.2) is 0 Å². The van der Waals surface area contributed by atoms with Crippen LogP contribution in [0, 0.1) is 5.41 Å². The van der Waals surface area contributed by atoms with Crippen molar-refractivity contribution in [3.63, 3.8) is 0 Å². The van der Waals surface area contributed by atoms with Crippen LogP contribution in [0.2, 0.25) is 0 Å². The highest BCUT2D eigenvalue weighted by atomic mass is 16.2. The molecule has 6 nitrogen and oxygen atoms in total. The average Bonchev–Trinajstić information content (AvgIpc) is 3.10. The van der Waals surface area contributed by atoms with Crippen LogP contribution in [0.3, 0.4) is 0 Å². The van der Waals surface area contributed by atoms with Gasteiger partial charge in [0.05, 0.1) is 11.4 Å². The van der Waals surface area contributed by atoms with E-state index in [4.69, 9.17) is 0 Å². The van der Waals surface area contributed by atoms with E-state index < -0.39 is 0 Å². The first-order chi connectivity index (χ1) is 12.3. The van der Waals surface area contributed by atoms with Crippen molar-refractivity contribution in [3.05, 3.63) is 30.4 Å². The molecule has 0 aromatic carbocycles. The van der Waals surface area contributed by atoms with Crippen molar-refractivity contribution in [1.29, 1.82) is 0 Å². The molecule has 0 spiro atoms. The molecule has 0 bridgehead atoms. The summed E-state index contributed by atoms with van der Waals surface area (Å²) in [6, 6.07) is 2.24. The number of aromatic nitrogens is 4. The van der Waals surface area contributed by atoms with Gasteiger partial charge in [-0.15, -0.1) is 0 Å². The van der Waals surface area contributed by atoms with Crippen LogP contribution in [0.15, 0.2) is 24.7 Å². The number of carbonyl (C=O) groups excluding carboxylic acids is 1. The van der Waals surface area contributed by atoms with E-state index in [-0.39, 0.29) is 23.3 Å². The Morgan fingerprint density at radius 3 is 2.62 bits per heavy atom. The molecule has 1 unspecified atom stereocenters. The third-order valence-corrected chi connectivity index (χ3v) is 4.87. The Labute approximate surface area is 155 Å². The molecule has 0 N–H and O–H groups in total. The van der Waals surface area contributed by atoms with Gasteiger partial charge in [0, 0.05) is 49.1 Å². The van der Waals surface area contributed by atoms with Crippen LogP contribution in [0.25, 0.3) is 11.4 Å². The van der Waals surface area contributed by atoms with Gasteiger partial charge in [0.1, 0.15) is 5.69 Å². The minimum absolute atomic E-state index is 0.203. The molecule has 0 radical (unpaired) electrons. The van der Waals surface area contributed by atoms with Crippen molar-refractivity contribution in [3.8, 4) is 11.4 Å². The van der Waals surface area contributed by atoms with Crippen molar-refractivity contribution in [2.75, 3.05) is 13.1 Å². The normalized spacial score (nSPS) is 18.4. The van der Waals surface area contributed by atoms with Gasteiger partial charge in [-0.3, -0.25) is 19.4 Å². The maximum atomic E-state index is 12.7. The number of piperidine rings is 1. The monoisotopic (exact) mass is 355 g/mol. The van der Waals surface area contributed by atoms with Gasteiger partial charge in [-0.1, -0.05) is 20.8 Å². The van der Waals surface area contributed by atoms with Crippen LogP contribution < -0.4 is 0 Å². The third kappa shape index (κ3) is 3.64. The van der Waals surface area contributed by atoms with E-state index in [0.717, 1.165) is 36.5 Å². The minimum Gasteiger partial charge on any atom is -0.342 e. The summed E-state index contributed by atoms with van der Waals surface area (Å²) in [6.45, 7) is 11.7. The summed E-state index contributed by atoms with van der Waals surface area (Å²) in [6.07, 6.45) is 7.31. The molecule has 0 aliphatic carbocycles. The van der Waals surface area contributed by atoms with Crippen LogP contribution in [0.4, 0.5) is 0 Å². The highest BCUT2D eigenvalue weighted by Gasteiger charge is 2.33. The Kier molecular flexibility index (Phi) is 5.12. The molecule has 3 rings (SSSR count). The molecular formula is C20H29N5O. The molecule has 2 aromatic rings. The van der Waals surface area contributed by atoms with E-state index >= 15 is 0 Å². The lowest BCUT2D eigenvalue weighted by atomic mass is 9.89. The summed E-state index contributed by atoms with van der Waals surface area (Å²) < 4.78 is 1.98. The van der Waals surface area contributed by atoms with Gasteiger partial charge < -0.3 is 4.90 Å². The van der Waals surface area contributed by atoms with Crippen molar-refractivity contribution in [1.82, 2.24) is 24.6 Å². The number of hydrogen-bond acceptors (Lipinski definition) is 4. The van der Waals surface area contributed by atoms with Gasteiger partial charge in [0.25, 0.3) is 0 Å². The highest BCUT2D eigenvalue weighted by Crippen LogP contribution is 2.33. The lowest BCUT2D eigenvalue weighted by Gasteiger charge is -2.36. The second kappa shape index (κ2) is 7.17. The number of hydrogen-bond donors (Lipinski definition) is 0. The van der Waals surface area contributed by atoms with Gasteiger partial charge in [0.2, 0.25) is 5.91 Å². The SMILES string of the molecule is CC(C)n1nccc1-c1nccnc1C1CCCN(C(=O)C(C)(C)C)C1. The van der Waals surface area contributed by atoms with Gasteiger partial charge in [0.15, 0.2) is 0 Å². The molecule has 26 heavy (non-hydrogen) atoms. The number of likely N-dealkylation sites (tertiary alicyclic amines) is 1. The summed E-state index contributed by atoms with van der Waals surface area (Å²) in [5, 5.41) is 4.44. The fourth-order valence-electron chi connectivity index (χ4n) is 3.62. The quantitative estimate of drug-likeness (QED) is 0.842. The summed E-state index contributed by atoms with van der Waals surface area (Å²) in [4.78, 5) is 24.0. The minimum atomic E-state index is -0.358. The Hall–Kier alpha value is -2.24. The molecule has 1 saturated heterocycles. The van der Waals surface area contributed by atoms with E-state index in [1.54, 1.807) is 12.4 Å². The zero-order valence-electron chi connectivity index (χ0n) is 16.4. The topological polar surface area (TPSA) is 63.9 Å². The molecule has 1 atom stereocenters. The molecule has 3 heterocycles. The summed E-state index contributed by atoms with van der Waals surface area (Å²) >= 11 is 0. The van der Waals surface area contributed by atoms with Crippen LogP contribution in [-0.4, -0.2) is 43.6 Å². The van der Waals surface area contributed by atoms with Gasteiger partial charge in [-0.2, -0.15) is 5.10 Å². The summed E-state index contributed by atoms with van der Waals surface area (Å²) in [5.41, 5.74) is 2.49. The molecule has 0 saturated carbocycles. The number of amides is 1. The van der Waals surface area contributed by atoms with Crippen molar-refractivity contribution in [2.24, 2.45) is 5.41 Å². The van der Waals surface area contributed by atoms with E-state index in [9.17, 15) is 4.79 Å². The Balaban J connectivity index is 1.93. The maximum absolute atomic E-state index is 12.7. The van der Waals surface area contributed by atoms with E-state index in [1.165, 1.54) is 0 Å². The lowest BCUT2D eigenvalue weighted by molar-refractivity contribution is -0.140. The fourth-order valence-corrected chi connectivity index (χ4v) is 3.62. The van der Waals surface area contributed by atoms with Crippen molar-refractivity contribution >= 4 is 5.91 Å². The van der Waals surface area contributed by atoms with E-state index in [2.05, 4.69) is 28.9 Å². The average molecular weight is 355 g/mol. The molecule has 6 heteroatoms. The number of nitrogens with zero attached hydrogens (tertiary/aromatic N) is 5. The molecular weight excluding hydrogens is 326 g/mol. The standard InChI is InChI=1S/C20H29N5O/c1-14(2)25-16(8-9-23-25)18-17(21-10-11-22-18)15-7-6-12-24(13-15)19(26)20(3,4)5/h8-11,14-15H,6-7,12-13H2,1-5H3. The third-order valence-electron chi connectivity index (χ3n) is 4.87. The van der Waals surface area contributed by atoms with Gasteiger partial charge >= 0.3 is 0 Å². The van der Waals surface area contributed by atoms with Crippen LogP contribution in [-0.2, 0) is 4.79 Å². The number of rotatable bonds is 3. The molecule has 140 valence electrons. The smallest absolute Gasteiger partial charge is 0.227 e. The largest absolute Gasteiger partial charge is 0.342 e. The molecule has 1 fully saturated rings. The molecule has 2 aromatic heterocycles. The van der Waals surface area contributed by atoms with Crippen LogP contribution >= 0.6 is 0 Å². The Morgan fingerprint density at radius 2 is 1.92 bits per heavy atom. The Bertz CT molecular complexity index is 775. The summed E-state index contributed by atoms with van der Waals surface area (Å²) in [5.74, 6) is 0.411. The predicted molar refractivity (Wildman–Crippen MR) is 102 cm³/mol. The van der Waals surface area contributed by atoms with Crippen LogP contribution in [0.5, 0.6) is 0 Å². The maximum Gasteiger partial charge on any atom is 0.227 e.